The number of anilines is 3. The Morgan fingerprint density at radius 2 is 2.15 bits per heavy atom. The molecule has 0 aromatic heterocycles. The van der Waals surface area contributed by atoms with Crippen molar-refractivity contribution in [1.29, 1.82) is 0 Å². The zero-order valence-corrected chi connectivity index (χ0v) is 12.2. The third-order valence-corrected chi connectivity index (χ3v) is 3.58. The topological polar surface area (TPSA) is 67.6 Å². The van der Waals surface area contributed by atoms with E-state index in [4.69, 9.17) is 10.5 Å². The van der Waals surface area contributed by atoms with Gasteiger partial charge in [0.1, 0.15) is 0 Å². The van der Waals surface area contributed by atoms with Crippen molar-refractivity contribution in [3.63, 3.8) is 0 Å². The van der Waals surface area contributed by atoms with Crippen molar-refractivity contribution in [3.05, 3.63) is 17.7 Å². The molecule has 0 saturated carbocycles. The molecule has 0 aliphatic carbocycles. The third-order valence-electron chi connectivity index (χ3n) is 3.58. The minimum atomic E-state index is 0.0746. The molecule has 0 atom stereocenters. The zero-order valence-electron chi connectivity index (χ0n) is 12.2. The average Bonchev–Trinajstić information content (AvgIpc) is 2.44. The van der Waals surface area contributed by atoms with Crippen molar-refractivity contribution in [2.24, 2.45) is 0 Å². The molecule has 110 valence electrons. The summed E-state index contributed by atoms with van der Waals surface area (Å²) < 4.78 is 5.40. The Balaban J connectivity index is 2.21. The first kappa shape index (κ1) is 14.7. The van der Waals surface area contributed by atoms with E-state index in [0.29, 0.717) is 19.6 Å². The number of rotatable bonds is 6. The molecule has 0 bridgehead atoms. The number of aryl methyl sites for hydroxylation is 1. The van der Waals surface area contributed by atoms with Crippen LogP contribution < -0.4 is 16.0 Å². The highest BCUT2D eigenvalue weighted by Crippen LogP contribution is 2.33. The second-order valence-corrected chi connectivity index (χ2v) is 4.89. The van der Waals surface area contributed by atoms with Crippen LogP contribution in [-0.4, -0.2) is 32.2 Å². The van der Waals surface area contributed by atoms with E-state index in [0.717, 1.165) is 42.1 Å². The molecule has 0 spiro atoms. The van der Waals surface area contributed by atoms with Gasteiger partial charge in [-0.3, -0.25) is 4.79 Å². The minimum absolute atomic E-state index is 0.0746. The summed E-state index contributed by atoms with van der Waals surface area (Å²) in [5, 5.41) is 2.92. The molecule has 0 fully saturated rings. The van der Waals surface area contributed by atoms with Gasteiger partial charge < -0.3 is 20.7 Å². The molecule has 0 saturated heterocycles. The summed E-state index contributed by atoms with van der Waals surface area (Å²) in [5.41, 5.74) is 9.90. The van der Waals surface area contributed by atoms with Crippen LogP contribution >= 0.6 is 0 Å². The van der Waals surface area contributed by atoms with Gasteiger partial charge in [0.2, 0.25) is 5.91 Å². The summed E-state index contributed by atoms with van der Waals surface area (Å²) in [6.07, 6.45) is 1.30. The summed E-state index contributed by atoms with van der Waals surface area (Å²) in [4.78, 5) is 13.7. The van der Waals surface area contributed by atoms with Crippen LogP contribution in [0.4, 0.5) is 17.1 Å². The molecular weight excluding hydrogens is 254 g/mol. The van der Waals surface area contributed by atoms with Crippen molar-refractivity contribution < 1.29 is 9.53 Å². The van der Waals surface area contributed by atoms with E-state index >= 15 is 0 Å². The Morgan fingerprint density at radius 3 is 2.85 bits per heavy atom. The molecule has 0 radical (unpaired) electrons. The van der Waals surface area contributed by atoms with Crippen LogP contribution in [0.1, 0.15) is 25.8 Å². The summed E-state index contributed by atoms with van der Waals surface area (Å²) in [6, 6.07) is 3.96. The lowest BCUT2D eigenvalue weighted by molar-refractivity contribution is -0.116. The van der Waals surface area contributed by atoms with Crippen LogP contribution in [-0.2, 0) is 16.0 Å². The molecule has 1 amide bonds. The Morgan fingerprint density at radius 1 is 1.35 bits per heavy atom. The highest BCUT2D eigenvalue weighted by molar-refractivity contribution is 5.95. The van der Waals surface area contributed by atoms with E-state index in [2.05, 4.69) is 17.1 Å². The van der Waals surface area contributed by atoms with E-state index < -0.39 is 0 Å². The molecule has 20 heavy (non-hydrogen) atoms. The molecule has 5 nitrogen and oxygen atoms in total. The fourth-order valence-electron chi connectivity index (χ4n) is 2.48. The van der Waals surface area contributed by atoms with Crippen LogP contribution in [0.25, 0.3) is 0 Å². The number of ether oxygens (including phenoxy) is 1. The summed E-state index contributed by atoms with van der Waals surface area (Å²) in [5.74, 6) is 0.0746. The van der Waals surface area contributed by atoms with Crippen LogP contribution in [0.2, 0.25) is 0 Å². The largest absolute Gasteiger partial charge is 0.397 e. The lowest BCUT2D eigenvalue weighted by atomic mass is 10.0. The molecule has 1 aliphatic rings. The Labute approximate surface area is 120 Å². The number of amides is 1. The van der Waals surface area contributed by atoms with Gasteiger partial charge >= 0.3 is 0 Å². The van der Waals surface area contributed by atoms with Crippen molar-refractivity contribution in [2.45, 2.75) is 26.7 Å². The fraction of sp³-hybridized carbons (Fsp3) is 0.533. The van der Waals surface area contributed by atoms with E-state index in [9.17, 15) is 4.79 Å². The van der Waals surface area contributed by atoms with Gasteiger partial charge in [0, 0.05) is 31.8 Å². The molecule has 1 heterocycles. The number of nitrogen functional groups attached to an aromatic ring is 1. The molecule has 1 aromatic rings. The number of nitrogens with two attached hydrogens (primary N) is 1. The first-order valence-electron chi connectivity index (χ1n) is 7.20. The molecule has 1 aliphatic heterocycles. The van der Waals surface area contributed by atoms with E-state index in [1.54, 1.807) is 0 Å². The lowest BCUT2D eigenvalue weighted by Crippen LogP contribution is -2.28. The van der Waals surface area contributed by atoms with Gasteiger partial charge in [-0.15, -0.1) is 0 Å². The van der Waals surface area contributed by atoms with Gasteiger partial charge in [-0.2, -0.15) is 0 Å². The molecule has 5 heteroatoms. The number of benzene rings is 1. The number of nitrogens with one attached hydrogen (secondary N) is 1. The third kappa shape index (κ3) is 3.22. The van der Waals surface area contributed by atoms with E-state index in [-0.39, 0.29) is 5.91 Å². The molecule has 1 aromatic carbocycles. The van der Waals surface area contributed by atoms with Crippen molar-refractivity contribution in [2.75, 3.05) is 42.3 Å². The fourth-order valence-corrected chi connectivity index (χ4v) is 2.48. The highest BCUT2D eigenvalue weighted by Gasteiger charge is 2.18. The first-order chi connectivity index (χ1) is 9.65. The van der Waals surface area contributed by atoms with Crippen LogP contribution in [0.5, 0.6) is 0 Å². The smallest absolute Gasteiger partial charge is 0.224 e. The lowest BCUT2D eigenvalue weighted by Gasteiger charge is -2.27. The second kappa shape index (κ2) is 6.61. The van der Waals surface area contributed by atoms with E-state index in [1.807, 2.05) is 19.1 Å². The molecule has 3 N–H and O–H groups in total. The predicted molar refractivity (Wildman–Crippen MR) is 82.2 cm³/mol. The van der Waals surface area contributed by atoms with Gasteiger partial charge in [-0.05, 0) is 38.0 Å². The monoisotopic (exact) mass is 277 g/mol. The summed E-state index contributed by atoms with van der Waals surface area (Å²) in [7, 11) is 0. The zero-order chi connectivity index (χ0) is 14.5. The molecule has 0 unspecified atom stereocenters. The Hall–Kier alpha value is -1.75. The predicted octanol–water partition coefficient (Wildman–Crippen LogP) is 2.02. The number of likely N-dealkylation sites (N-methyl/N-ethyl adjacent to an activating group) is 1. The van der Waals surface area contributed by atoms with Gasteiger partial charge in [-0.25, -0.2) is 0 Å². The quantitative estimate of drug-likeness (QED) is 0.616. The number of fused-ring (bicyclic) bond motifs is 1. The Kier molecular flexibility index (Phi) is 4.84. The normalized spacial score (nSPS) is 13.8. The first-order valence-corrected chi connectivity index (χ1v) is 7.20. The van der Waals surface area contributed by atoms with Gasteiger partial charge in [0.05, 0.1) is 18.0 Å². The minimum Gasteiger partial charge on any atom is -0.397 e. The maximum atomic E-state index is 11.5. The standard InChI is InChI=1S/C15H23N3O2/c1-3-18(7-8-20-4-2)14-10-13-11(9-12(14)16)5-6-15(19)17-13/h9-10H,3-8,16H2,1-2H3,(H,17,19). The maximum Gasteiger partial charge on any atom is 0.224 e. The summed E-state index contributed by atoms with van der Waals surface area (Å²) >= 11 is 0. The number of carbonyl (C=O) groups excluding carboxylic acids is 1. The number of carbonyl (C=O) groups is 1. The highest BCUT2D eigenvalue weighted by atomic mass is 16.5. The summed E-state index contributed by atoms with van der Waals surface area (Å²) in [6.45, 7) is 7.11. The number of hydrogen-bond acceptors (Lipinski definition) is 4. The average molecular weight is 277 g/mol. The van der Waals surface area contributed by atoms with Crippen molar-refractivity contribution in [1.82, 2.24) is 0 Å². The van der Waals surface area contributed by atoms with Crippen LogP contribution in [0, 0.1) is 0 Å². The van der Waals surface area contributed by atoms with Crippen LogP contribution in [0.3, 0.4) is 0 Å². The van der Waals surface area contributed by atoms with Gasteiger partial charge in [0.15, 0.2) is 0 Å². The van der Waals surface area contributed by atoms with E-state index in [1.165, 1.54) is 0 Å². The molecule has 2 rings (SSSR count). The number of nitrogens with zero attached hydrogens (tertiary/aromatic N) is 1. The van der Waals surface area contributed by atoms with Gasteiger partial charge in [-0.1, -0.05) is 0 Å². The second-order valence-electron chi connectivity index (χ2n) is 4.89. The number of hydrogen-bond donors (Lipinski definition) is 2. The SMILES string of the molecule is CCOCCN(CC)c1cc2c(cc1N)CCC(=O)N2. The Bertz CT molecular complexity index is 488. The van der Waals surface area contributed by atoms with Crippen LogP contribution in [0.15, 0.2) is 12.1 Å². The maximum absolute atomic E-state index is 11.5. The van der Waals surface area contributed by atoms with Crippen molar-refractivity contribution in [3.8, 4) is 0 Å². The van der Waals surface area contributed by atoms with Crippen molar-refractivity contribution >= 4 is 23.0 Å². The molecular formula is C15H23N3O2. The van der Waals surface area contributed by atoms with Gasteiger partial charge in [0.25, 0.3) is 0 Å².